The Balaban J connectivity index is 0.00000441. The Labute approximate surface area is 131 Å². The summed E-state index contributed by atoms with van der Waals surface area (Å²) >= 11 is 0. The van der Waals surface area contributed by atoms with E-state index >= 15 is 0 Å². The van der Waals surface area contributed by atoms with Gasteiger partial charge < -0.3 is 5.32 Å². The van der Waals surface area contributed by atoms with Crippen LogP contribution < -0.4 is 5.32 Å². The maximum Gasteiger partial charge on any atom is 0.401 e. The van der Waals surface area contributed by atoms with E-state index in [0.29, 0.717) is 5.56 Å². The largest absolute Gasteiger partial charge is 0.401 e. The van der Waals surface area contributed by atoms with Crippen LogP contribution in [0.25, 0.3) is 0 Å². The Morgan fingerprint density at radius 3 is 1.77 bits per heavy atom. The number of benzene rings is 1. The van der Waals surface area contributed by atoms with Crippen molar-refractivity contribution in [3.8, 4) is 0 Å². The van der Waals surface area contributed by atoms with Gasteiger partial charge in [0, 0.05) is 12.1 Å². The van der Waals surface area contributed by atoms with Gasteiger partial charge in [-0.3, -0.25) is 0 Å². The van der Waals surface area contributed by atoms with E-state index in [2.05, 4.69) is 5.32 Å². The van der Waals surface area contributed by atoms with Gasteiger partial charge in [-0.25, -0.2) is 0 Å². The van der Waals surface area contributed by atoms with Crippen LogP contribution in [0, 0.1) is 5.92 Å². The highest BCUT2D eigenvalue weighted by molar-refractivity contribution is 5.85. The van der Waals surface area contributed by atoms with E-state index in [0.717, 1.165) is 0 Å². The van der Waals surface area contributed by atoms with Crippen molar-refractivity contribution in [1.29, 1.82) is 0 Å². The summed E-state index contributed by atoms with van der Waals surface area (Å²) in [5.41, 5.74) is 0.638. The summed E-state index contributed by atoms with van der Waals surface area (Å²) in [6.45, 7) is 2.85. The van der Waals surface area contributed by atoms with E-state index in [1.54, 1.807) is 37.3 Å². The molecular weight excluding hydrogens is 332 g/mol. The highest BCUT2D eigenvalue weighted by Crippen LogP contribution is 2.42. The van der Waals surface area contributed by atoms with Gasteiger partial charge in [-0.2, -0.15) is 26.3 Å². The van der Waals surface area contributed by atoms with Gasteiger partial charge in [0.2, 0.25) is 0 Å². The minimum absolute atomic E-state index is 0. The fourth-order valence-electron chi connectivity index (χ4n) is 2.25. The molecule has 0 heterocycles. The zero-order valence-electron chi connectivity index (χ0n) is 12.0. The van der Waals surface area contributed by atoms with Crippen LogP contribution in [-0.4, -0.2) is 18.4 Å². The molecule has 0 fully saturated rings. The van der Waals surface area contributed by atoms with Crippen molar-refractivity contribution in [3.05, 3.63) is 35.9 Å². The number of rotatable bonds is 5. The highest BCUT2D eigenvalue weighted by Gasteiger charge is 2.59. The number of hydrogen-bond acceptors (Lipinski definition) is 1. The van der Waals surface area contributed by atoms with Crippen LogP contribution in [0.15, 0.2) is 30.3 Å². The standard InChI is InChI=1S/C14H17F6N.ClH/c1-3-11(12(13(15,16)17)14(18,19)20)21-9(2)10-7-5-4-6-8-10;/h4-9,11-12,21H,3H2,1-2H3;1H. The number of halogens is 7. The second-order valence-corrected chi connectivity index (χ2v) is 4.87. The van der Waals surface area contributed by atoms with Gasteiger partial charge in [-0.15, -0.1) is 12.4 Å². The van der Waals surface area contributed by atoms with Gasteiger partial charge in [0.1, 0.15) is 0 Å². The predicted octanol–water partition coefficient (Wildman–Crippen LogP) is 5.28. The smallest absolute Gasteiger partial charge is 0.306 e. The molecular formula is C14H18ClF6N. The molecule has 8 heteroatoms. The van der Waals surface area contributed by atoms with Crippen LogP contribution in [-0.2, 0) is 0 Å². The molecule has 22 heavy (non-hydrogen) atoms. The van der Waals surface area contributed by atoms with Crippen LogP contribution in [0.2, 0.25) is 0 Å². The van der Waals surface area contributed by atoms with Gasteiger partial charge >= 0.3 is 12.4 Å². The van der Waals surface area contributed by atoms with E-state index in [1.165, 1.54) is 6.92 Å². The van der Waals surface area contributed by atoms with Gasteiger partial charge in [-0.05, 0) is 18.9 Å². The molecule has 0 spiro atoms. The molecule has 1 aromatic carbocycles. The van der Waals surface area contributed by atoms with E-state index in [9.17, 15) is 26.3 Å². The average Bonchev–Trinajstić information content (AvgIpc) is 2.35. The molecule has 0 saturated carbocycles. The third kappa shape index (κ3) is 5.68. The molecule has 1 nitrogen and oxygen atoms in total. The van der Waals surface area contributed by atoms with Gasteiger partial charge in [0.25, 0.3) is 0 Å². The van der Waals surface area contributed by atoms with Crippen molar-refractivity contribution in [2.45, 2.75) is 44.7 Å². The van der Waals surface area contributed by atoms with Crippen LogP contribution >= 0.6 is 12.4 Å². The second kappa shape index (κ2) is 8.06. The van der Waals surface area contributed by atoms with Crippen molar-refractivity contribution < 1.29 is 26.3 Å². The Bertz CT molecular complexity index is 417. The van der Waals surface area contributed by atoms with E-state index < -0.39 is 30.4 Å². The van der Waals surface area contributed by atoms with Gasteiger partial charge in [0.15, 0.2) is 5.92 Å². The molecule has 0 bridgehead atoms. The quantitative estimate of drug-likeness (QED) is 0.713. The highest BCUT2D eigenvalue weighted by atomic mass is 35.5. The summed E-state index contributed by atoms with van der Waals surface area (Å²) in [4.78, 5) is 0. The molecule has 1 N–H and O–H groups in total. The summed E-state index contributed by atoms with van der Waals surface area (Å²) in [5, 5.41) is 2.46. The summed E-state index contributed by atoms with van der Waals surface area (Å²) in [7, 11) is 0. The third-order valence-electron chi connectivity index (χ3n) is 3.31. The van der Waals surface area contributed by atoms with E-state index in [4.69, 9.17) is 0 Å². The molecule has 0 amide bonds. The van der Waals surface area contributed by atoms with Crippen molar-refractivity contribution >= 4 is 12.4 Å². The average molecular weight is 350 g/mol. The van der Waals surface area contributed by atoms with Gasteiger partial charge in [0.05, 0.1) is 0 Å². The van der Waals surface area contributed by atoms with Gasteiger partial charge in [-0.1, -0.05) is 37.3 Å². The van der Waals surface area contributed by atoms with Crippen LogP contribution in [0.1, 0.15) is 31.9 Å². The lowest BCUT2D eigenvalue weighted by Gasteiger charge is -2.32. The minimum atomic E-state index is -5.33. The van der Waals surface area contributed by atoms with Crippen molar-refractivity contribution in [2.75, 3.05) is 0 Å². The van der Waals surface area contributed by atoms with Crippen LogP contribution in [0.5, 0.6) is 0 Å². The Morgan fingerprint density at radius 2 is 1.41 bits per heavy atom. The maximum atomic E-state index is 12.7. The summed E-state index contributed by atoms with van der Waals surface area (Å²) in [6.07, 6.45) is -10.9. The zero-order chi connectivity index (χ0) is 16.3. The SMILES string of the molecule is CCC(NC(C)c1ccccc1)C(C(F)(F)F)C(F)(F)F.Cl. The first-order chi connectivity index (χ1) is 9.57. The number of hydrogen-bond donors (Lipinski definition) is 1. The summed E-state index contributed by atoms with van der Waals surface area (Å²) in [6, 6.07) is 6.06. The lowest BCUT2D eigenvalue weighted by atomic mass is 9.94. The fraction of sp³-hybridized carbons (Fsp3) is 0.571. The van der Waals surface area contributed by atoms with Crippen molar-refractivity contribution in [1.82, 2.24) is 5.32 Å². The molecule has 128 valence electrons. The summed E-state index contributed by atoms with van der Waals surface area (Å²) in [5.74, 6) is -3.37. The normalized spacial score (nSPS) is 15.3. The molecule has 0 radical (unpaired) electrons. The monoisotopic (exact) mass is 349 g/mol. The molecule has 1 aromatic rings. The fourth-order valence-corrected chi connectivity index (χ4v) is 2.25. The second-order valence-electron chi connectivity index (χ2n) is 4.87. The molecule has 0 aliphatic rings. The van der Waals surface area contributed by atoms with Crippen molar-refractivity contribution in [2.24, 2.45) is 5.92 Å². The lowest BCUT2D eigenvalue weighted by Crippen LogP contribution is -2.51. The molecule has 2 unspecified atom stereocenters. The van der Waals surface area contributed by atoms with Crippen LogP contribution in [0.3, 0.4) is 0 Å². The first kappa shape index (κ1) is 21.0. The molecule has 0 saturated heterocycles. The van der Waals surface area contributed by atoms with Crippen molar-refractivity contribution in [3.63, 3.8) is 0 Å². The molecule has 0 aliphatic heterocycles. The maximum absolute atomic E-state index is 12.7. The topological polar surface area (TPSA) is 12.0 Å². The number of alkyl halides is 6. The molecule has 1 rings (SSSR count). The third-order valence-corrected chi connectivity index (χ3v) is 3.31. The van der Waals surface area contributed by atoms with E-state index in [-0.39, 0.29) is 18.8 Å². The molecule has 2 atom stereocenters. The van der Waals surface area contributed by atoms with Crippen LogP contribution in [0.4, 0.5) is 26.3 Å². The Morgan fingerprint density at radius 1 is 0.955 bits per heavy atom. The number of nitrogens with one attached hydrogen (secondary N) is 1. The minimum Gasteiger partial charge on any atom is -0.306 e. The molecule has 0 aliphatic carbocycles. The Hall–Kier alpha value is -0.950. The first-order valence-electron chi connectivity index (χ1n) is 6.51. The van der Waals surface area contributed by atoms with E-state index in [1.807, 2.05) is 0 Å². The molecule has 0 aromatic heterocycles. The first-order valence-corrected chi connectivity index (χ1v) is 6.51. The Kier molecular flexibility index (Phi) is 7.71. The zero-order valence-corrected chi connectivity index (χ0v) is 12.8. The summed E-state index contributed by atoms with van der Waals surface area (Å²) < 4.78 is 76.5. The lowest BCUT2D eigenvalue weighted by molar-refractivity contribution is -0.292. The predicted molar refractivity (Wildman–Crippen MR) is 74.9 cm³/mol.